The molecule has 0 spiro atoms. The lowest BCUT2D eigenvalue weighted by atomic mass is 9.95. The molecule has 0 saturated carbocycles. The molecule has 4 rings (SSSR count). The number of piperidine rings is 1. The molecule has 2 amide bonds. The first kappa shape index (κ1) is 19.7. The maximum atomic E-state index is 12.6. The fourth-order valence-electron chi connectivity index (χ4n) is 4.60. The number of likely N-dealkylation sites (tertiary alicyclic amines) is 1. The molecule has 1 saturated heterocycles. The summed E-state index contributed by atoms with van der Waals surface area (Å²) < 4.78 is 5.28. The van der Waals surface area contributed by atoms with Gasteiger partial charge >= 0.3 is 0 Å². The van der Waals surface area contributed by atoms with Crippen LogP contribution in [0.15, 0.2) is 35.1 Å². The van der Waals surface area contributed by atoms with Gasteiger partial charge in [-0.05, 0) is 48.6 Å². The van der Waals surface area contributed by atoms with Gasteiger partial charge in [0.1, 0.15) is 5.76 Å². The van der Waals surface area contributed by atoms with Gasteiger partial charge in [0, 0.05) is 32.5 Å². The van der Waals surface area contributed by atoms with E-state index in [2.05, 4.69) is 34.6 Å². The van der Waals surface area contributed by atoms with Crippen LogP contribution in [0.25, 0.3) is 0 Å². The highest BCUT2D eigenvalue weighted by atomic mass is 16.3. The molecule has 1 fully saturated rings. The summed E-state index contributed by atoms with van der Waals surface area (Å²) in [6.45, 7) is 4.05. The second-order valence-electron chi connectivity index (χ2n) is 8.16. The second-order valence-corrected chi connectivity index (χ2v) is 8.16. The largest absolute Gasteiger partial charge is 0.448 e. The minimum atomic E-state index is -0.0435. The van der Waals surface area contributed by atoms with Gasteiger partial charge < -0.3 is 14.6 Å². The molecule has 0 radical (unpaired) electrons. The van der Waals surface area contributed by atoms with E-state index in [1.54, 1.807) is 0 Å². The molecule has 2 aliphatic rings. The van der Waals surface area contributed by atoms with Crippen molar-refractivity contribution in [2.75, 3.05) is 19.6 Å². The fraction of sp³-hybridized carbons (Fsp3) is 0.522. The number of hydrogen-bond donors (Lipinski definition) is 1. The lowest BCUT2D eigenvalue weighted by Gasteiger charge is -2.31. The maximum Gasteiger partial charge on any atom is 0.276 e. The van der Waals surface area contributed by atoms with Crippen molar-refractivity contribution in [1.29, 1.82) is 0 Å². The van der Waals surface area contributed by atoms with Gasteiger partial charge in [0.15, 0.2) is 12.1 Å². The Morgan fingerprint density at radius 2 is 2.00 bits per heavy atom. The number of benzene rings is 1. The molecule has 29 heavy (non-hydrogen) atoms. The van der Waals surface area contributed by atoms with Crippen LogP contribution in [0.2, 0.25) is 0 Å². The summed E-state index contributed by atoms with van der Waals surface area (Å²) >= 11 is 0. The van der Waals surface area contributed by atoms with Crippen LogP contribution in [0, 0.1) is 5.92 Å². The van der Waals surface area contributed by atoms with E-state index in [1.165, 1.54) is 17.5 Å². The van der Waals surface area contributed by atoms with Crippen LogP contribution >= 0.6 is 0 Å². The van der Waals surface area contributed by atoms with Gasteiger partial charge in [0.2, 0.25) is 5.91 Å². The Labute approximate surface area is 171 Å². The molecule has 6 nitrogen and oxygen atoms in total. The first-order valence-electron chi connectivity index (χ1n) is 10.7. The van der Waals surface area contributed by atoms with Crippen molar-refractivity contribution in [3.63, 3.8) is 0 Å². The monoisotopic (exact) mass is 395 g/mol. The van der Waals surface area contributed by atoms with E-state index in [0.29, 0.717) is 55.8 Å². The molecule has 1 N–H and O–H groups in total. The van der Waals surface area contributed by atoms with E-state index in [9.17, 15) is 9.59 Å². The molecule has 1 unspecified atom stereocenters. The smallest absolute Gasteiger partial charge is 0.276 e. The Bertz CT molecular complexity index is 868. The minimum absolute atomic E-state index is 0.0435. The third kappa shape index (κ3) is 4.36. The van der Waals surface area contributed by atoms with Crippen molar-refractivity contribution in [1.82, 2.24) is 15.2 Å². The SMILES string of the molecule is CCc1ocnc1C(=O)N1CCC(CNC(=O)CC2CCc3ccccc32)CC1. The number of carbonyl (C=O) groups excluding carboxylic acids is 2. The number of carbonyl (C=O) groups is 2. The summed E-state index contributed by atoms with van der Waals surface area (Å²) in [5, 5.41) is 3.13. The highest BCUT2D eigenvalue weighted by Gasteiger charge is 2.28. The normalized spacial score (nSPS) is 19.2. The van der Waals surface area contributed by atoms with E-state index < -0.39 is 0 Å². The van der Waals surface area contributed by atoms with Crippen molar-refractivity contribution in [2.45, 2.75) is 51.4 Å². The van der Waals surface area contributed by atoms with Gasteiger partial charge in [-0.25, -0.2) is 4.98 Å². The Morgan fingerprint density at radius 3 is 2.79 bits per heavy atom. The molecule has 154 valence electrons. The summed E-state index contributed by atoms with van der Waals surface area (Å²) in [5.74, 6) is 1.51. The number of fused-ring (bicyclic) bond motifs is 1. The summed E-state index contributed by atoms with van der Waals surface area (Å²) in [7, 11) is 0. The van der Waals surface area contributed by atoms with Crippen LogP contribution in [0.4, 0.5) is 0 Å². The van der Waals surface area contributed by atoms with Gasteiger partial charge in [-0.1, -0.05) is 31.2 Å². The molecule has 1 aromatic heterocycles. The number of aromatic nitrogens is 1. The molecule has 2 heterocycles. The van der Waals surface area contributed by atoms with Gasteiger partial charge in [-0.3, -0.25) is 9.59 Å². The Hall–Kier alpha value is -2.63. The standard InChI is InChI=1S/C23H29N3O3/c1-2-20-22(25-15-29-20)23(28)26-11-9-16(10-12-26)14-24-21(27)13-18-8-7-17-5-3-4-6-19(17)18/h3-6,15-16,18H,2,7-14H2,1H3,(H,24,27). The first-order chi connectivity index (χ1) is 14.2. The summed E-state index contributed by atoms with van der Waals surface area (Å²) in [4.78, 5) is 31.0. The van der Waals surface area contributed by atoms with Gasteiger partial charge in [0.25, 0.3) is 5.91 Å². The molecule has 6 heteroatoms. The molecule has 2 aromatic rings. The van der Waals surface area contributed by atoms with Crippen LogP contribution in [-0.2, 0) is 17.6 Å². The van der Waals surface area contributed by atoms with Gasteiger partial charge in [0.05, 0.1) is 0 Å². The van der Waals surface area contributed by atoms with E-state index in [0.717, 1.165) is 25.7 Å². The third-order valence-electron chi connectivity index (χ3n) is 6.34. The van der Waals surface area contributed by atoms with Gasteiger partial charge in [-0.15, -0.1) is 0 Å². The van der Waals surface area contributed by atoms with Crippen molar-refractivity contribution in [3.05, 3.63) is 53.2 Å². The maximum absolute atomic E-state index is 12.6. The second kappa shape index (κ2) is 8.80. The zero-order valence-electron chi connectivity index (χ0n) is 17.0. The van der Waals surface area contributed by atoms with E-state index in [-0.39, 0.29) is 11.8 Å². The highest BCUT2D eigenvalue weighted by molar-refractivity contribution is 5.93. The zero-order valence-corrected chi connectivity index (χ0v) is 17.0. The van der Waals surface area contributed by atoms with Crippen molar-refractivity contribution < 1.29 is 14.0 Å². The molecule has 1 aliphatic heterocycles. The van der Waals surface area contributed by atoms with Crippen molar-refractivity contribution in [3.8, 4) is 0 Å². The van der Waals surface area contributed by atoms with Crippen molar-refractivity contribution in [2.24, 2.45) is 5.92 Å². The quantitative estimate of drug-likeness (QED) is 0.814. The predicted octanol–water partition coefficient (Wildman–Crippen LogP) is 3.33. The number of aryl methyl sites for hydroxylation is 2. The Kier molecular flexibility index (Phi) is 5.97. The molecular formula is C23H29N3O3. The van der Waals surface area contributed by atoms with Crippen LogP contribution < -0.4 is 5.32 Å². The third-order valence-corrected chi connectivity index (χ3v) is 6.34. The highest BCUT2D eigenvalue weighted by Crippen LogP contribution is 2.35. The molecule has 1 aromatic carbocycles. The predicted molar refractivity (Wildman–Crippen MR) is 110 cm³/mol. The average molecular weight is 396 g/mol. The number of rotatable bonds is 6. The first-order valence-corrected chi connectivity index (χ1v) is 10.7. The van der Waals surface area contributed by atoms with Crippen LogP contribution in [0.5, 0.6) is 0 Å². The molecular weight excluding hydrogens is 366 g/mol. The van der Waals surface area contributed by atoms with E-state index >= 15 is 0 Å². The molecule has 0 bridgehead atoms. The lowest BCUT2D eigenvalue weighted by molar-refractivity contribution is -0.121. The average Bonchev–Trinajstić information content (AvgIpc) is 3.39. The number of nitrogens with one attached hydrogen (secondary N) is 1. The zero-order chi connectivity index (χ0) is 20.2. The minimum Gasteiger partial charge on any atom is -0.448 e. The fourth-order valence-corrected chi connectivity index (χ4v) is 4.60. The molecule has 1 aliphatic carbocycles. The lowest BCUT2D eigenvalue weighted by Crippen LogP contribution is -2.42. The number of hydrogen-bond acceptors (Lipinski definition) is 4. The Morgan fingerprint density at radius 1 is 1.21 bits per heavy atom. The topological polar surface area (TPSA) is 75.4 Å². The van der Waals surface area contributed by atoms with Gasteiger partial charge in [-0.2, -0.15) is 0 Å². The van der Waals surface area contributed by atoms with Crippen molar-refractivity contribution >= 4 is 11.8 Å². The molecule has 1 atom stereocenters. The summed E-state index contributed by atoms with van der Waals surface area (Å²) in [6.07, 6.45) is 6.52. The van der Waals surface area contributed by atoms with E-state index in [1.807, 2.05) is 11.8 Å². The summed E-state index contributed by atoms with van der Waals surface area (Å²) in [6, 6.07) is 8.47. The van der Waals surface area contributed by atoms with Crippen LogP contribution in [-0.4, -0.2) is 41.3 Å². The number of amides is 2. The van der Waals surface area contributed by atoms with Crippen LogP contribution in [0.1, 0.15) is 65.9 Å². The Balaban J connectivity index is 1.21. The number of oxazole rings is 1. The van der Waals surface area contributed by atoms with Crippen LogP contribution in [0.3, 0.4) is 0 Å². The van der Waals surface area contributed by atoms with E-state index in [4.69, 9.17) is 4.42 Å². The number of nitrogens with zero attached hydrogens (tertiary/aromatic N) is 2. The summed E-state index contributed by atoms with van der Waals surface area (Å²) in [5.41, 5.74) is 3.17.